The van der Waals surface area contributed by atoms with E-state index in [2.05, 4.69) is 10.2 Å². The van der Waals surface area contributed by atoms with Gasteiger partial charge in [-0.2, -0.15) is 0 Å². The van der Waals surface area contributed by atoms with Crippen LogP contribution in [0.5, 0.6) is 0 Å². The van der Waals surface area contributed by atoms with E-state index in [9.17, 15) is 9.18 Å². The van der Waals surface area contributed by atoms with Crippen molar-refractivity contribution in [3.8, 4) is 0 Å². The van der Waals surface area contributed by atoms with Gasteiger partial charge in [-0.25, -0.2) is 4.39 Å². The number of amides is 1. The minimum Gasteiger partial charge on any atom is -0.396 e. The monoisotopic (exact) mass is 281 g/mol. The molecular formula is C14H20FN3O2. The number of hydrogen-bond acceptors (Lipinski definition) is 4. The molecule has 1 aromatic rings. The predicted octanol–water partition coefficient (Wildman–Crippen LogP) is 1.19. The predicted molar refractivity (Wildman–Crippen MR) is 75.7 cm³/mol. The molecule has 4 N–H and O–H groups in total. The second-order valence-electron chi connectivity index (χ2n) is 5.03. The average Bonchev–Trinajstić information content (AvgIpc) is 3.23. The van der Waals surface area contributed by atoms with Gasteiger partial charge in [0.1, 0.15) is 5.82 Å². The Morgan fingerprint density at radius 1 is 1.45 bits per heavy atom. The van der Waals surface area contributed by atoms with Gasteiger partial charge in [0, 0.05) is 31.2 Å². The molecule has 0 atom stereocenters. The summed E-state index contributed by atoms with van der Waals surface area (Å²) in [7, 11) is 0. The summed E-state index contributed by atoms with van der Waals surface area (Å²) in [6, 6.07) is 4.62. The Balaban J connectivity index is 1.80. The fourth-order valence-corrected chi connectivity index (χ4v) is 2.14. The van der Waals surface area contributed by atoms with Crippen LogP contribution in [-0.4, -0.2) is 41.7 Å². The minimum absolute atomic E-state index is 0.0164. The van der Waals surface area contributed by atoms with Crippen LogP contribution in [0, 0.1) is 5.82 Å². The number of hydrogen-bond donors (Lipinski definition) is 3. The third kappa shape index (κ3) is 4.18. The Kier molecular flexibility index (Phi) is 4.92. The first-order valence-corrected chi connectivity index (χ1v) is 6.80. The lowest BCUT2D eigenvalue weighted by Crippen LogP contribution is -2.32. The first-order chi connectivity index (χ1) is 9.60. The van der Waals surface area contributed by atoms with Gasteiger partial charge in [-0.3, -0.25) is 9.69 Å². The third-order valence-electron chi connectivity index (χ3n) is 3.36. The van der Waals surface area contributed by atoms with E-state index >= 15 is 0 Å². The van der Waals surface area contributed by atoms with E-state index in [4.69, 9.17) is 10.8 Å². The number of aliphatic hydroxyl groups is 1. The first kappa shape index (κ1) is 14.7. The van der Waals surface area contributed by atoms with Crippen molar-refractivity contribution in [3.05, 3.63) is 24.0 Å². The molecule has 6 heteroatoms. The van der Waals surface area contributed by atoms with Crippen molar-refractivity contribution in [1.82, 2.24) is 4.90 Å². The zero-order chi connectivity index (χ0) is 14.5. The average molecular weight is 281 g/mol. The largest absolute Gasteiger partial charge is 0.396 e. The lowest BCUT2D eigenvalue weighted by Gasteiger charge is -2.20. The number of halogens is 1. The summed E-state index contributed by atoms with van der Waals surface area (Å²) in [5, 5.41) is 11.7. The zero-order valence-corrected chi connectivity index (χ0v) is 11.3. The number of anilines is 2. The standard InChI is InChI=1S/C14H20FN3O2/c15-12-4-1-10(9-13(12)16)17-14(20)5-6-18(7-8-19)11-2-3-11/h1,4,9,11,19H,2-3,5-8,16H2,(H,17,20). The summed E-state index contributed by atoms with van der Waals surface area (Å²) in [6.45, 7) is 1.32. The van der Waals surface area contributed by atoms with Crippen LogP contribution < -0.4 is 11.1 Å². The van der Waals surface area contributed by atoms with Gasteiger partial charge in [-0.1, -0.05) is 0 Å². The van der Waals surface area contributed by atoms with E-state index in [0.29, 0.717) is 31.2 Å². The summed E-state index contributed by atoms with van der Waals surface area (Å²) in [5.41, 5.74) is 5.95. The maximum absolute atomic E-state index is 13.0. The topological polar surface area (TPSA) is 78.6 Å². The number of benzene rings is 1. The fourth-order valence-electron chi connectivity index (χ4n) is 2.14. The number of rotatable bonds is 7. The molecule has 5 nitrogen and oxygen atoms in total. The minimum atomic E-state index is -0.495. The Labute approximate surface area is 117 Å². The molecule has 1 saturated carbocycles. The summed E-state index contributed by atoms with van der Waals surface area (Å²) in [4.78, 5) is 13.9. The molecule has 0 aromatic heterocycles. The van der Waals surface area contributed by atoms with Gasteiger partial charge < -0.3 is 16.2 Å². The number of carbonyl (C=O) groups is 1. The highest BCUT2D eigenvalue weighted by Crippen LogP contribution is 2.26. The summed E-state index contributed by atoms with van der Waals surface area (Å²) in [5.74, 6) is -0.634. The van der Waals surface area contributed by atoms with Gasteiger partial charge >= 0.3 is 0 Å². The Morgan fingerprint density at radius 2 is 2.20 bits per heavy atom. The number of nitrogen functional groups attached to an aromatic ring is 1. The van der Waals surface area contributed by atoms with Crippen LogP contribution in [-0.2, 0) is 4.79 Å². The SMILES string of the molecule is Nc1cc(NC(=O)CCN(CCO)C2CC2)ccc1F. The van der Waals surface area contributed by atoms with Gasteiger partial charge in [0.15, 0.2) is 0 Å². The molecule has 20 heavy (non-hydrogen) atoms. The smallest absolute Gasteiger partial charge is 0.225 e. The number of carbonyl (C=O) groups excluding carboxylic acids is 1. The van der Waals surface area contributed by atoms with Gasteiger partial charge in [0.25, 0.3) is 0 Å². The quantitative estimate of drug-likeness (QED) is 0.656. The number of nitrogens with zero attached hydrogens (tertiary/aromatic N) is 1. The molecule has 0 unspecified atom stereocenters. The van der Waals surface area contributed by atoms with Crippen molar-refractivity contribution >= 4 is 17.3 Å². The molecular weight excluding hydrogens is 261 g/mol. The summed E-state index contributed by atoms with van der Waals surface area (Å²) < 4.78 is 13.0. The molecule has 1 fully saturated rings. The van der Waals surface area contributed by atoms with Crippen LogP contribution in [0.3, 0.4) is 0 Å². The molecule has 0 spiro atoms. The Hall–Kier alpha value is -1.66. The Morgan fingerprint density at radius 3 is 2.80 bits per heavy atom. The molecule has 2 rings (SSSR count). The van der Waals surface area contributed by atoms with E-state index in [1.54, 1.807) is 0 Å². The van der Waals surface area contributed by atoms with Crippen molar-refractivity contribution in [2.45, 2.75) is 25.3 Å². The highest BCUT2D eigenvalue weighted by Gasteiger charge is 2.28. The molecule has 1 aromatic carbocycles. The maximum Gasteiger partial charge on any atom is 0.225 e. The highest BCUT2D eigenvalue weighted by atomic mass is 19.1. The maximum atomic E-state index is 13.0. The van der Waals surface area contributed by atoms with Crippen LogP contribution in [0.1, 0.15) is 19.3 Å². The normalized spacial score (nSPS) is 14.6. The van der Waals surface area contributed by atoms with E-state index < -0.39 is 5.82 Å². The van der Waals surface area contributed by atoms with E-state index in [1.807, 2.05) is 0 Å². The molecule has 110 valence electrons. The molecule has 1 amide bonds. The second-order valence-corrected chi connectivity index (χ2v) is 5.03. The van der Waals surface area contributed by atoms with Crippen LogP contribution in [0.25, 0.3) is 0 Å². The molecule has 1 aliphatic carbocycles. The van der Waals surface area contributed by atoms with Crippen molar-refractivity contribution in [2.24, 2.45) is 0 Å². The van der Waals surface area contributed by atoms with Crippen molar-refractivity contribution in [3.63, 3.8) is 0 Å². The van der Waals surface area contributed by atoms with Crippen molar-refractivity contribution in [1.29, 1.82) is 0 Å². The van der Waals surface area contributed by atoms with Gasteiger partial charge in [-0.15, -0.1) is 0 Å². The number of aliphatic hydroxyl groups excluding tert-OH is 1. The molecule has 0 heterocycles. The Bertz CT molecular complexity index is 477. The van der Waals surface area contributed by atoms with E-state index in [-0.39, 0.29) is 18.2 Å². The van der Waals surface area contributed by atoms with Gasteiger partial charge in [-0.05, 0) is 31.0 Å². The van der Waals surface area contributed by atoms with Gasteiger partial charge in [0.2, 0.25) is 5.91 Å². The molecule has 0 aliphatic heterocycles. The fraction of sp³-hybridized carbons (Fsp3) is 0.500. The van der Waals surface area contributed by atoms with Crippen LogP contribution >= 0.6 is 0 Å². The molecule has 1 aliphatic rings. The lowest BCUT2D eigenvalue weighted by atomic mass is 10.2. The number of nitrogens with two attached hydrogens (primary N) is 1. The zero-order valence-electron chi connectivity index (χ0n) is 11.3. The third-order valence-corrected chi connectivity index (χ3v) is 3.36. The van der Waals surface area contributed by atoms with Crippen LogP contribution in [0.4, 0.5) is 15.8 Å². The summed E-state index contributed by atoms with van der Waals surface area (Å²) in [6.07, 6.45) is 2.61. The first-order valence-electron chi connectivity index (χ1n) is 6.80. The molecule has 0 bridgehead atoms. The summed E-state index contributed by atoms with van der Waals surface area (Å²) >= 11 is 0. The second kappa shape index (κ2) is 6.67. The van der Waals surface area contributed by atoms with Crippen LogP contribution in [0.15, 0.2) is 18.2 Å². The highest BCUT2D eigenvalue weighted by molar-refractivity contribution is 5.91. The van der Waals surface area contributed by atoms with Crippen molar-refractivity contribution < 1.29 is 14.3 Å². The van der Waals surface area contributed by atoms with Gasteiger partial charge in [0.05, 0.1) is 12.3 Å². The van der Waals surface area contributed by atoms with Crippen molar-refractivity contribution in [2.75, 3.05) is 30.7 Å². The van der Waals surface area contributed by atoms with Crippen LogP contribution in [0.2, 0.25) is 0 Å². The van der Waals surface area contributed by atoms with E-state index in [1.165, 1.54) is 18.2 Å². The molecule has 0 radical (unpaired) electrons. The molecule has 0 saturated heterocycles. The number of nitrogens with one attached hydrogen (secondary N) is 1. The lowest BCUT2D eigenvalue weighted by molar-refractivity contribution is -0.116. The van der Waals surface area contributed by atoms with E-state index in [0.717, 1.165) is 12.8 Å².